The molecule has 0 saturated heterocycles. The predicted octanol–water partition coefficient (Wildman–Crippen LogP) is 2.62. The number of amides is 1. The minimum atomic E-state index is -0.161. The molecule has 0 atom stereocenters. The summed E-state index contributed by atoms with van der Waals surface area (Å²) in [5, 5.41) is 10.0. The first-order valence-corrected chi connectivity index (χ1v) is 7.05. The Hall–Kier alpha value is -2.37. The lowest BCUT2D eigenvalue weighted by Gasteiger charge is -2.11. The number of aromatic nitrogens is 3. The molecule has 0 unspecified atom stereocenters. The van der Waals surface area contributed by atoms with E-state index in [0.717, 1.165) is 18.1 Å². The molecule has 6 nitrogen and oxygen atoms in total. The van der Waals surface area contributed by atoms with Gasteiger partial charge in [-0.2, -0.15) is 5.10 Å². The van der Waals surface area contributed by atoms with Crippen molar-refractivity contribution in [3.05, 3.63) is 35.8 Å². The summed E-state index contributed by atoms with van der Waals surface area (Å²) in [4.78, 5) is 16.9. The van der Waals surface area contributed by atoms with Crippen LogP contribution in [0.25, 0.3) is 0 Å². The highest BCUT2D eigenvalue weighted by atomic mass is 16.1. The minimum absolute atomic E-state index is 0.161. The van der Waals surface area contributed by atoms with E-state index >= 15 is 0 Å². The summed E-state index contributed by atoms with van der Waals surface area (Å²) in [5.41, 5.74) is 2.16. The molecule has 0 saturated carbocycles. The van der Waals surface area contributed by atoms with E-state index in [2.05, 4.69) is 34.6 Å². The molecule has 0 radical (unpaired) electrons. The number of carbonyl (C=O) groups is 1. The molecule has 0 aliphatic rings. The van der Waals surface area contributed by atoms with Crippen LogP contribution in [0.4, 0.5) is 11.5 Å². The largest absolute Gasteiger partial charge is 0.370 e. The highest BCUT2D eigenvalue weighted by molar-refractivity contribution is 6.04. The number of aryl methyl sites for hydroxylation is 1. The van der Waals surface area contributed by atoms with Crippen molar-refractivity contribution < 1.29 is 4.79 Å². The van der Waals surface area contributed by atoms with Crippen molar-refractivity contribution in [2.45, 2.75) is 26.7 Å². The summed E-state index contributed by atoms with van der Waals surface area (Å²) in [6, 6.07) is 3.60. The standard InChI is InChI=1S/C15H21N5O/c1-5-16-14-7-11(6-13(19-14)10(2)3)15(21)18-12-8-17-20(4)9-12/h6-10H,5H2,1-4H3,(H,16,19)(H,18,21). The van der Waals surface area contributed by atoms with Gasteiger partial charge >= 0.3 is 0 Å². The Labute approximate surface area is 124 Å². The van der Waals surface area contributed by atoms with Gasteiger partial charge in [-0.3, -0.25) is 9.48 Å². The number of hydrogen-bond donors (Lipinski definition) is 2. The van der Waals surface area contributed by atoms with Crippen molar-refractivity contribution >= 4 is 17.4 Å². The smallest absolute Gasteiger partial charge is 0.255 e. The molecule has 2 N–H and O–H groups in total. The van der Waals surface area contributed by atoms with Gasteiger partial charge in [0.25, 0.3) is 5.91 Å². The van der Waals surface area contributed by atoms with E-state index in [1.54, 1.807) is 23.1 Å². The van der Waals surface area contributed by atoms with Crippen LogP contribution in [0.1, 0.15) is 42.7 Å². The van der Waals surface area contributed by atoms with Gasteiger partial charge in [-0.1, -0.05) is 13.8 Å². The van der Waals surface area contributed by atoms with E-state index in [0.29, 0.717) is 11.3 Å². The number of rotatable bonds is 5. The van der Waals surface area contributed by atoms with Crippen LogP contribution in [-0.4, -0.2) is 27.2 Å². The molecule has 0 aliphatic carbocycles. The first-order chi connectivity index (χ1) is 9.99. The Bertz CT molecular complexity index is 633. The number of nitrogens with zero attached hydrogens (tertiary/aromatic N) is 3. The van der Waals surface area contributed by atoms with Gasteiger partial charge in [-0.25, -0.2) is 4.98 Å². The SMILES string of the molecule is CCNc1cc(C(=O)Nc2cnn(C)c2)cc(C(C)C)n1. The zero-order chi connectivity index (χ0) is 15.4. The first-order valence-electron chi connectivity index (χ1n) is 7.05. The zero-order valence-electron chi connectivity index (χ0n) is 12.8. The van der Waals surface area contributed by atoms with E-state index < -0.39 is 0 Å². The van der Waals surface area contributed by atoms with Crippen molar-refractivity contribution in [2.24, 2.45) is 7.05 Å². The van der Waals surface area contributed by atoms with Gasteiger partial charge in [0.2, 0.25) is 0 Å². The molecule has 0 bridgehead atoms. The molecule has 2 aromatic rings. The van der Waals surface area contributed by atoms with E-state index in [1.807, 2.05) is 20.0 Å². The lowest BCUT2D eigenvalue weighted by Crippen LogP contribution is -2.14. The van der Waals surface area contributed by atoms with Gasteiger partial charge in [0.15, 0.2) is 0 Å². The molecule has 21 heavy (non-hydrogen) atoms. The van der Waals surface area contributed by atoms with Gasteiger partial charge in [0.1, 0.15) is 5.82 Å². The number of pyridine rings is 1. The second-order valence-electron chi connectivity index (χ2n) is 5.21. The average Bonchev–Trinajstić information content (AvgIpc) is 2.84. The molecular weight excluding hydrogens is 266 g/mol. The van der Waals surface area contributed by atoms with E-state index in [1.165, 1.54) is 0 Å². The molecule has 6 heteroatoms. The van der Waals surface area contributed by atoms with Crippen LogP contribution in [-0.2, 0) is 7.05 Å². The van der Waals surface area contributed by atoms with Gasteiger partial charge in [-0.15, -0.1) is 0 Å². The molecule has 2 heterocycles. The van der Waals surface area contributed by atoms with Crippen LogP contribution in [0.2, 0.25) is 0 Å². The normalized spacial score (nSPS) is 10.7. The fourth-order valence-corrected chi connectivity index (χ4v) is 1.94. The maximum Gasteiger partial charge on any atom is 0.255 e. The van der Waals surface area contributed by atoms with Crippen LogP contribution >= 0.6 is 0 Å². The molecule has 1 amide bonds. The number of anilines is 2. The maximum absolute atomic E-state index is 12.4. The Morgan fingerprint density at radius 1 is 1.38 bits per heavy atom. The Balaban J connectivity index is 2.26. The third kappa shape index (κ3) is 3.81. The third-order valence-corrected chi connectivity index (χ3v) is 3.02. The average molecular weight is 287 g/mol. The lowest BCUT2D eigenvalue weighted by atomic mass is 10.1. The fourth-order valence-electron chi connectivity index (χ4n) is 1.94. The van der Waals surface area contributed by atoms with Crippen LogP contribution in [0, 0.1) is 0 Å². The summed E-state index contributed by atoms with van der Waals surface area (Å²) in [5.74, 6) is 0.819. The highest BCUT2D eigenvalue weighted by Crippen LogP contribution is 2.18. The lowest BCUT2D eigenvalue weighted by molar-refractivity contribution is 0.102. The first kappa shape index (κ1) is 15.0. The van der Waals surface area contributed by atoms with Crippen LogP contribution in [0.5, 0.6) is 0 Å². The van der Waals surface area contributed by atoms with Gasteiger partial charge in [0, 0.05) is 31.0 Å². The zero-order valence-corrected chi connectivity index (χ0v) is 12.8. The molecule has 0 aromatic carbocycles. The second-order valence-corrected chi connectivity index (χ2v) is 5.21. The topological polar surface area (TPSA) is 71.8 Å². The van der Waals surface area contributed by atoms with Crippen molar-refractivity contribution in [1.82, 2.24) is 14.8 Å². The maximum atomic E-state index is 12.4. The summed E-state index contributed by atoms with van der Waals surface area (Å²) in [6.07, 6.45) is 3.38. The van der Waals surface area contributed by atoms with E-state index in [-0.39, 0.29) is 11.8 Å². The summed E-state index contributed by atoms with van der Waals surface area (Å²) in [6.45, 7) is 6.87. The van der Waals surface area contributed by atoms with E-state index in [9.17, 15) is 4.79 Å². The van der Waals surface area contributed by atoms with Crippen molar-refractivity contribution in [3.63, 3.8) is 0 Å². The summed E-state index contributed by atoms with van der Waals surface area (Å²) < 4.78 is 1.64. The Kier molecular flexibility index (Phi) is 4.57. The van der Waals surface area contributed by atoms with Gasteiger partial charge < -0.3 is 10.6 Å². The fraction of sp³-hybridized carbons (Fsp3) is 0.400. The molecule has 0 fully saturated rings. The summed E-state index contributed by atoms with van der Waals surface area (Å²) in [7, 11) is 1.81. The quantitative estimate of drug-likeness (QED) is 0.886. The van der Waals surface area contributed by atoms with Crippen molar-refractivity contribution in [1.29, 1.82) is 0 Å². The number of nitrogens with one attached hydrogen (secondary N) is 2. The van der Waals surface area contributed by atoms with Gasteiger partial charge in [-0.05, 0) is 25.0 Å². The molecule has 0 aliphatic heterocycles. The summed E-state index contributed by atoms with van der Waals surface area (Å²) >= 11 is 0. The number of hydrogen-bond acceptors (Lipinski definition) is 4. The van der Waals surface area contributed by atoms with Crippen molar-refractivity contribution in [2.75, 3.05) is 17.2 Å². The predicted molar refractivity (Wildman–Crippen MR) is 83.7 cm³/mol. The second kappa shape index (κ2) is 6.39. The highest BCUT2D eigenvalue weighted by Gasteiger charge is 2.12. The van der Waals surface area contributed by atoms with E-state index in [4.69, 9.17) is 0 Å². The number of carbonyl (C=O) groups excluding carboxylic acids is 1. The monoisotopic (exact) mass is 287 g/mol. The van der Waals surface area contributed by atoms with Crippen molar-refractivity contribution in [3.8, 4) is 0 Å². The minimum Gasteiger partial charge on any atom is -0.370 e. The molecule has 112 valence electrons. The third-order valence-electron chi connectivity index (χ3n) is 3.02. The van der Waals surface area contributed by atoms with Crippen LogP contribution in [0.3, 0.4) is 0 Å². The van der Waals surface area contributed by atoms with Crippen LogP contribution in [0.15, 0.2) is 24.5 Å². The molecule has 2 aromatic heterocycles. The van der Waals surface area contributed by atoms with Gasteiger partial charge in [0.05, 0.1) is 11.9 Å². The molecular formula is C15H21N5O. The van der Waals surface area contributed by atoms with Crippen LogP contribution < -0.4 is 10.6 Å². The molecule has 0 spiro atoms. The molecule has 2 rings (SSSR count). The Morgan fingerprint density at radius 3 is 2.71 bits per heavy atom. The Morgan fingerprint density at radius 2 is 2.14 bits per heavy atom.